The molecule has 2 saturated heterocycles. The highest BCUT2D eigenvalue weighted by Gasteiger charge is 2.74. The molecular weight excluding hydrogens is 486 g/mol. The number of ether oxygens (including phenoxy) is 3. The van der Waals surface area contributed by atoms with Gasteiger partial charge in [-0.3, -0.25) is 19.2 Å². The summed E-state index contributed by atoms with van der Waals surface area (Å²) in [6, 6.07) is 17.7. The zero-order valence-electron chi connectivity index (χ0n) is 18.5. The molecule has 0 aromatic heterocycles. The molecule has 0 bridgehead atoms. The van der Waals surface area contributed by atoms with E-state index in [1.165, 1.54) is 18.2 Å². The smallest absolute Gasteiger partial charge is 0.241 e. The molecule has 1 aliphatic carbocycles. The number of carbonyl (C=O) groups excluding carboxylic acids is 4. The van der Waals surface area contributed by atoms with Crippen molar-refractivity contribution in [2.24, 2.45) is 11.8 Å². The maximum atomic E-state index is 14.0. The lowest BCUT2D eigenvalue weighted by atomic mass is 9.77. The van der Waals surface area contributed by atoms with Crippen LogP contribution in [0.25, 0.3) is 0 Å². The number of Topliss-reactive ketones (excluding diaryl/α,β-unsaturated/α-hetero) is 2. The molecule has 1 spiro atoms. The Hall–Kier alpha value is -4.01. The van der Waals surface area contributed by atoms with E-state index in [9.17, 15) is 19.2 Å². The Bertz CT molecular complexity index is 1480. The van der Waals surface area contributed by atoms with Gasteiger partial charge in [-0.25, -0.2) is 4.90 Å². The SMILES string of the molecule is O=C1[C@@H]2[C@H](c3ccc(Cl)cc3)OC3(C(=O)c4ccccc4C3=O)[C@H]2C(=O)N1c1ccc2c(c1)OCO2. The number of hydrogen-bond donors (Lipinski definition) is 0. The molecule has 8 nitrogen and oxygen atoms in total. The molecule has 3 aromatic rings. The lowest BCUT2D eigenvalue weighted by Gasteiger charge is -2.27. The number of anilines is 1. The van der Waals surface area contributed by atoms with Crippen molar-refractivity contribution >= 4 is 40.7 Å². The first-order valence-electron chi connectivity index (χ1n) is 11.3. The standard InChI is InChI=1S/C27H16ClNO7/c28-14-7-5-13(6-8-14)22-20-21(27(36-22)23(30)16-3-1-2-4-17(16)24(27)31)26(33)29(25(20)32)15-9-10-18-19(11-15)35-12-34-18/h1-11,20-22H,12H2/t20-,21+,22-/m0/s1. The minimum atomic E-state index is -2.13. The molecule has 9 heteroatoms. The summed E-state index contributed by atoms with van der Waals surface area (Å²) in [5.74, 6) is -3.98. The second kappa shape index (κ2) is 7.25. The van der Waals surface area contributed by atoms with E-state index in [2.05, 4.69) is 0 Å². The molecule has 2 amide bonds. The second-order valence-corrected chi connectivity index (χ2v) is 9.52. The number of imide groups is 1. The number of rotatable bonds is 2. The topological polar surface area (TPSA) is 99.2 Å². The molecule has 7 rings (SSSR count). The summed E-state index contributed by atoms with van der Waals surface area (Å²) in [4.78, 5) is 56.4. The summed E-state index contributed by atoms with van der Waals surface area (Å²) in [7, 11) is 0. The predicted octanol–water partition coefficient (Wildman–Crippen LogP) is 3.76. The molecule has 0 N–H and O–H groups in total. The van der Waals surface area contributed by atoms with E-state index in [1.807, 2.05) is 0 Å². The zero-order valence-corrected chi connectivity index (χ0v) is 19.2. The Morgan fingerprint density at radius 3 is 2.17 bits per heavy atom. The molecule has 4 aliphatic rings. The molecule has 178 valence electrons. The van der Waals surface area contributed by atoms with Crippen LogP contribution in [0, 0.1) is 11.8 Å². The zero-order chi connectivity index (χ0) is 24.8. The lowest BCUT2D eigenvalue weighted by molar-refractivity contribution is -0.127. The van der Waals surface area contributed by atoms with E-state index in [1.54, 1.807) is 48.5 Å². The van der Waals surface area contributed by atoms with Crippen LogP contribution in [0.15, 0.2) is 66.7 Å². The number of fused-ring (bicyclic) bond motifs is 4. The number of hydrogen-bond acceptors (Lipinski definition) is 7. The maximum absolute atomic E-state index is 14.0. The Kier molecular flexibility index (Phi) is 4.29. The van der Waals surface area contributed by atoms with Crippen LogP contribution in [0.2, 0.25) is 5.02 Å². The summed E-state index contributed by atoms with van der Waals surface area (Å²) in [6.45, 7) is 0.0305. The minimum absolute atomic E-state index is 0.0305. The number of benzene rings is 3. The Morgan fingerprint density at radius 2 is 1.47 bits per heavy atom. The highest BCUT2D eigenvalue weighted by molar-refractivity contribution is 6.37. The summed E-state index contributed by atoms with van der Waals surface area (Å²) in [5.41, 5.74) is -0.962. The van der Waals surface area contributed by atoms with Crippen molar-refractivity contribution in [3.05, 3.63) is 88.4 Å². The van der Waals surface area contributed by atoms with E-state index in [-0.39, 0.29) is 23.6 Å². The molecule has 3 heterocycles. The molecule has 3 aliphatic heterocycles. The fourth-order valence-corrected chi connectivity index (χ4v) is 5.88. The highest BCUT2D eigenvalue weighted by atomic mass is 35.5. The Balaban J connectivity index is 1.40. The van der Waals surface area contributed by atoms with E-state index in [4.69, 9.17) is 25.8 Å². The van der Waals surface area contributed by atoms with Crippen molar-refractivity contribution in [1.29, 1.82) is 0 Å². The first-order chi connectivity index (χ1) is 17.4. The summed E-state index contributed by atoms with van der Waals surface area (Å²) >= 11 is 6.06. The third-order valence-corrected chi connectivity index (χ3v) is 7.58. The average Bonchev–Trinajstić information content (AvgIpc) is 3.61. The normalized spacial score (nSPS) is 25.1. The van der Waals surface area contributed by atoms with Gasteiger partial charge in [0.25, 0.3) is 0 Å². The minimum Gasteiger partial charge on any atom is -0.454 e. The van der Waals surface area contributed by atoms with Gasteiger partial charge in [0.2, 0.25) is 35.8 Å². The van der Waals surface area contributed by atoms with E-state index >= 15 is 0 Å². The molecule has 2 fully saturated rings. The van der Waals surface area contributed by atoms with Crippen molar-refractivity contribution in [3.63, 3.8) is 0 Å². The average molecular weight is 502 g/mol. The number of nitrogens with zero attached hydrogens (tertiary/aromatic N) is 1. The number of carbonyl (C=O) groups is 4. The molecule has 3 aromatic carbocycles. The van der Waals surface area contributed by atoms with Crippen LogP contribution in [0.1, 0.15) is 32.4 Å². The maximum Gasteiger partial charge on any atom is 0.241 e. The first-order valence-corrected chi connectivity index (χ1v) is 11.7. The number of amides is 2. The van der Waals surface area contributed by atoms with Crippen LogP contribution in [-0.2, 0) is 14.3 Å². The van der Waals surface area contributed by atoms with Gasteiger partial charge in [0.15, 0.2) is 11.5 Å². The van der Waals surface area contributed by atoms with Crippen molar-refractivity contribution in [2.75, 3.05) is 11.7 Å². The lowest BCUT2D eigenvalue weighted by Crippen LogP contribution is -2.51. The van der Waals surface area contributed by atoms with Gasteiger partial charge < -0.3 is 14.2 Å². The van der Waals surface area contributed by atoms with Crippen LogP contribution in [0.3, 0.4) is 0 Å². The molecule has 3 atom stereocenters. The first kappa shape index (κ1) is 21.3. The van der Waals surface area contributed by atoms with Crippen molar-refractivity contribution in [3.8, 4) is 11.5 Å². The molecule has 0 saturated carbocycles. The summed E-state index contributed by atoms with van der Waals surface area (Å²) in [6.07, 6.45) is -1.01. The van der Waals surface area contributed by atoms with Gasteiger partial charge in [0.05, 0.1) is 23.6 Å². The molecule has 0 radical (unpaired) electrons. The van der Waals surface area contributed by atoms with Crippen LogP contribution in [-0.4, -0.2) is 35.8 Å². The Morgan fingerprint density at radius 1 is 0.806 bits per heavy atom. The van der Waals surface area contributed by atoms with Gasteiger partial charge in [0, 0.05) is 22.2 Å². The third kappa shape index (κ3) is 2.57. The van der Waals surface area contributed by atoms with Crippen molar-refractivity contribution in [2.45, 2.75) is 11.7 Å². The van der Waals surface area contributed by atoms with Gasteiger partial charge in [-0.05, 0) is 29.8 Å². The fourth-order valence-electron chi connectivity index (χ4n) is 5.75. The molecule has 0 unspecified atom stereocenters. The summed E-state index contributed by atoms with van der Waals surface area (Å²) in [5, 5.41) is 0.472. The monoisotopic (exact) mass is 501 g/mol. The van der Waals surface area contributed by atoms with Crippen LogP contribution in [0.4, 0.5) is 5.69 Å². The van der Waals surface area contributed by atoms with E-state index < -0.39 is 46.9 Å². The van der Waals surface area contributed by atoms with Crippen LogP contribution >= 0.6 is 11.6 Å². The third-order valence-electron chi connectivity index (χ3n) is 7.33. The van der Waals surface area contributed by atoms with Gasteiger partial charge in [-0.2, -0.15) is 0 Å². The Labute approximate surface area is 209 Å². The van der Waals surface area contributed by atoms with Crippen LogP contribution < -0.4 is 14.4 Å². The second-order valence-electron chi connectivity index (χ2n) is 9.08. The van der Waals surface area contributed by atoms with Gasteiger partial charge in [-0.15, -0.1) is 0 Å². The van der Waals surface area contributed by atoms with E-state index in [0.717, 1.165) is 4.90 Å². The van der Waals surface area contributed by atoms with Gasteiger partial charge in [0.1, 0.15) is 0 Å². The van der Waals surface area contributed by atoms with Gasteiger partial charge >= 0.3 is 0 Å². The fraction of sp³-hybridized carbons (Fsp3) is 0.185. The number of halogens is 1. The molecule has 36 heavy (non-hydrogen) atoms. The summed E-state index contributed by atoms with van der Waals surface area (Å²) < 4.78 is 17.0. The van der Waals surface area contributed by atoms with Crippen molar-refractivity contribution < 1.29 is 33.4 Å². The predicted molar refractivity (Wildman–Crippen MR) is 125 cm³/mol. The number of ketones is 2. The van der Waals surface area contributed by atoms with E-state index in [0.29, 0.717) is 22.1 Å². The molecular formula is C27H16ClNO7. The quantitative estimate of drug-likeness (QED) is 0.389. The van der Waals surface area contributed by atoms with Crippen LogP contribution in [0.5, 0.6) is 11.5 Å². The van der Waals surface area contributed by atoms with Crippen molar-refractivity contribution in [1.82, 2.24) is 0 Å². The van der Waals surface area contributed by atoms with Gasteiger partial charge in [-0.1, -0.05) is 48.0 Å². The largest absolute Gasteiger partial charge is 0.454 e. The highest BCUT2D eigenvalue weighted by Crippen LogP contribution is 2.58.